The normalized spacial score (nSPS) is 14.3. The molecule has 7 nitrogen and oxygen atoms in total. The topological polar surface area (TPSA) is 81.6 Å². The zero-order valence-electron chi connectivity index (χ0n) is 19.1. The van der Waals surface area contributed by atoms with Crippen molar-refractivity contribution in [3.05, 3.63) is 89.7 Å². The van der Waals surface area contributed by atoms with E-state index in [1.165, 1.54) is 0 Å². The standard InChI is InChI=1S/C27H27N5O2/c1-19-7-2-5-10-24(19)30-26(34)22-17-20-8-3-4-9-21(20)23(25(22)33)18-31-13-15-32(16-14-31)27-28-11-6-12-29-27/h2-12,17,33H,13-16,18H2,1H3,(H,30,34). The molecular formula is C27H27N5O2. The highest BCUT2D eigenvalue weighted by Crippen LogP contribution is 2.33. The van der Waals surface area contributed by atoms with Crippen LogP contribution in [0.2, 0.25) is 0 Å². The number of carbonyl (C=O) groups excluding carboxylic acids is 1. The van der Waals surface area contributed by atoms with E-state index in [4.69, 9.17) is 0 Å². The second-order valence-electron chi connectivity index (χ2n) is 8.55. The molecule has 34 heavy (non-hydrogen) atoms. The Kier molecular flexibility index (Phi) is 6.10. The van der Waals surface area contributed by atoms with Crippen LogP contribution in [0.25, 0.3) is 10.8 Å². The highest BCUT2D eigenvalue weighted by molar-refractivity contribution is 6.09. The quantitative estimate of drug-likeness (QED) is 0.471. The number of piperazine rings is 1. The molecule has 1 aromatic heterocycles. The van der Waals surface area contributed by atoms with Crippen LogP contribution >= 0.6 is 0 Å². The Morgan fingerprint density at radius 2 is 1.68 bits per heavy atom. The minimum Gasteiger partial charge on any atom is -0.507 e. The molecule has 1 aliphatic rings. The first-order chi connectivity index (χ1) is 16.6. The van der Waals surface area contributed by atoms with Gasteiger partial charge in [-0.25, -0.2) is 9.97 Å². The average molecular weight is 454 g/mol. The van der Waals surface area contributed by atoms with Crippen LogP contribution in [0.5, 0.6) is 5.75 Å². The fourth-order valence-corrected chi connectivity index (χ4v) is 4.43. The molecule has 0 aliphatic carbocycles. The van der Waals surface area contributed by atoms with Gasteiger partial charge in [0, 0.05) is 56.4 Å². The third-order valence-corrected chi connectivity index (χ3v) is 6.35. The summed E-state index contributed by atoms with van der Waals surface area (Å²) in [6.07, 6.45) is 3.51. The number of anilines is 2. The number of nitrogens with one attached hydrogen (secondary N) is 1. The molecule has 3 aromatic carbocycles. The van der Waals surface area contributed by atoms with Crippen LogP contribution in [0.15, 0.2) is 73.1 Å². The minimum absolute atomic E-state index is 0.0404. The van der Waals surface area contributed by atoms with Gasteiger partial charge in [0.15, 0.2) is 0 Å². The summed E-state index contributed by atoms with van der Waals surface area (Å²) in [6.45, 7) is 5.73. The number of fused-ring (bicyclic) bond motifs is 1. The predicted molar refractivity (Wildman–Crippen MR) is 134 cm³/mol. The number of amides is 1. The lowest BCUT2D eigenvalue weighted by Crippen LogP contribution is -2.46. The molecule has 1 saturated heterocycles. The molecule has 5 rings (SSSR count). The van der Waals surface area contributed by atoms with Crippen LogP contribution in [-0.2, 0) is 6.54 Å². The summed E-state index contributed by atoms with van der Waals surface area (Å²) < 4.78 is 0. The summed E-state index contributed by atoms with van der Waals surface area (Å²) in [6, 6.07) is 19.1. The van der Waals surface area contributed by atoms with Crippen molar-refractivity contribution in [2.75, 3.05) is 36.4 Å². The lowest BCUT2D eigenvalue weighted by Gasteiger charge is -2.35. The average Bonchev–Trinajstić information content (AvgIpc) is 2.88. The largest absolute Gasteiger partial charge is 0.507 e. The highest BCUT2D eigenvalue weighted by Gasteiger charge is 2.23. The molecule has 1 amide bonds. The van der Waals surface area contributed by atoms with Gasteiger partial charge < -0.3 is 15.3 Å². The summed E-state index contributed by atoms with van der Waals surface area (Å²) in [5.41, 5.74) is 2.77. The lowest BCUT2D eigenvalue weighted by atomic mass is 9.98. The SMILES string of the molecule is Cc1ccccc1NC(=O)c1cc2ccccc2c(CN2CCN(c3ncccn3)CC2)c1O. The fourth-order valence-electron chi connectivity index (χ4n) is 4.43. The highest BCUT2D eigenvalue weighted by atomic mass is 16.3. The molecule has 7 heteroatoms. The van der Waals surface area contributed by atoms with Crippen molar-refractivity contribution in [3.63, 3.8) is 0 Å². The van der Waals surface area contributed by atoms with E-state index in [1.54, 1.807) is 18.5 Å². The van der Waals surface area contributed by atoms with Gasteiger partial charge in [0.2, 0.25) is 5.95 Å². The molecule has 1 aliphatic heterocycles. The number of phenolic OH excluding ortho intramolecular Hbond substituents is 1. The molecule has 0 atom stereocenters. The molecule has 172 valence electrons. The number of carbonyl (C=O) groups is 1. The Hall–Kier alpha value is -3.97. The van der Waals surface area contributed by atoms with Gasteiger partial charge in [0.05, 0.1) is 5.56 Å². The molecule has 0 radical (unpaired) electrons. The summed E-state index contributed by atoms with van der Waals surface area (Å²) >= 11 is 0. The molecule has 0 bridgehead atoms. The Bertz CT molecular complexity index is 1320. The first-order valence-corrected chi connectivity index (χ1v) is 11.4. The third kappa shape index (κ3) is 4.43. The Morgan fingerprint density at radius 3 is 2.44 bits per heavy atom. The molecule has 2 heterocycles. The van der Waals surface area contributed by atoms with Gasteiger partial charge in [-0.05, 0) is 41.5 Å². The second kappa shape index (κ2) is 9.49. The van der Waals surface area contributed by atoms with Crippen molar-refractivity contribution >= 4 is 28.3 Å². The van der Waals surface area contributed by atoms with E-state index in [9.17, 15) is 9.90 Å². The van der Waals surface area contributed by atoms with Crippen molar-refractivity contribution in [1.29, 1.82) is 0 Å². The Morgan fingerprint density at radius 1 is 0.971 bits per heavy atom. The van der Waals surface area contributed by atoms with Crippen molar-refractivity contribution < 1.29 is 9.90 Å². The maximum Gasteiger partial charge on any atom is 0.259 e. The monoisotopic (exact) mass is 453 g/mol. The number of nitrogens with zero attached hydrogens (tertiary/aromatic N) is 4. The van der Waals surface area contributed by atoms with E-state index in [1.807, 2.05) is 61.5 Å². The van der Waals surface area contributed by atoms with Gasteiger partial charge in [-0.3, -0.25) is 9.69 Å². The maximum atomic E-state index is 13.2. The van der Waals surface area contributed by atoms with Crippen LogP contribution in [0.1, 0.15) is 21.5 Å². The fraction of sp³-hybridized carbons (Fsp3) is 0.222. The van der Waals surface area contributed by atoms with Crippen molar-refractivity contribution in [1.82, 2.24) is 14.9 Å². The number of aromatic hydroxyl groups is 1. The van der Waals surface area contributed by atoms with Crippen LogP contribution in [0.4, 0.5) is 11.6 Å². The van der Waals surface area contributed by atoms with Crippen molar-refractivity contribution in [3.8, 4) is 5.75 Å². The van der Waals surface area contributed by atoms with Gasteiger partial charge in [0.25, 0.3) is 5.91 Å². The first-order valence-electron chi connectivity index (χ1n) is 11.4. The maximum absolute atomic E-state index is 13.2. The van der Waals surface area contributed by atoms with E-state index >= 15 is 0 Å². The molecule has 1 fully saturated rings. The second-order valence-corrected chi connectivity index (χ2v) is 8.55. The smallest absolute Gasteiger partial charge is 0.259 e. The summed E-state index contributed by atoms with van der Waals surface area (Å²) in [5.74, 6) is 0.466. The van der Waals surface area contributed by atoms with E-state index in [0.29, 0.717) is 6.54 Å². The van der Waals surface area contributed by atoms with Gasteiger partial charge in [0.1, 0.15) is 5.75 Å². The number of hydrogen-bond donors (Lipinski definition) is 2. The third-order valence-electron chi connectivity index (χ3n) is 6.35. The minimum atomic E-state index is -0.315. The van der Waals surface area contributed by atoms with Gasteiger partial charge in [-0.15, -0.1) is 0 Å². The van der Waals surface area contributed by atoms with E-state index in [-0.39, 0.29) is 17.2 Å². The molecule has 0 spiro atoms. The predicted octanol–water partition coefficient (Wildman–Crippen LogP) is 4.22. The molecule has 0 unspecified atom stereocenters. The zero-order chi connectivity index (χ0) is 23.5. The Balaban J connectivity index is 1.40. The molecule has 2 N–H and O–H groups in total. The number of rotatable bonds is 5. The van der Waals surface area contributed by atoms with E-state index in [0.717, 1.165) is 59.7 Å². The number of phenols is 1. The van der Waals surface area contributed by atoms with Crippen LogP contribution in [0, 0.1) is 6.92 Å². The number of hydrogen-bond acceptors (Lipinski definition) is 6. The van der Waals surface area contributed by atoms with Gasteiger partial charge in [-0.2, -0.15) is 0 Å². The van der Waals surface area contributed by atoms with Crippen molar-refractivity contribution in [2.45, 2.75) is 13.5 Å². The molecular weight excluding hydrogens is 426 g/mol. The lowest BCUT2D eigenvalue weighted by molar-refractivity contribution is 0.102. The Labute approximate surface area is 198 Å². The number of aryl methyl sites for hydroxylation is 1. The van der Waals surface area contributed by atoms with Gasteiger partial charge >= 0.3 is 0 Å². The number of para-hydroxylation sites is 1. The summed E-state index contributed by atoms with van der Waals surface area (Å²) in [4.78, 5) is 26.3. The van der Waals surface area contributed by atoms with Crippen LogP contribution in [0.3, 0.4) is 0 Å². The van der Waals surface area contributed by atoms with E-state index in [2.05, 4.69) is 25.1 Å². The van der Waals surface area contributed by atoms with Crippen LogP contribution in [-0.4, -0.2) is 52.1 Å². The number of benzene rings is 3. The molecule has 4 aromatic rings. The van der Waals surface area contributed by atoms with Gasteiger partial charge in [-0.1, -0.05) is 42.5 Å². The summed E-state index contributed by atoms with van der Waals surface area (Å²) in [5, 5.41) is 16.1. The molecule has 0 saturated carbocycles. The number of aromatic nitrogens is 2. The van der Waals surface area contributed by atoms with E-state index < -0.39 is 0 Å². The van der Waals surface area contributed by atoms with Crippen molar-refractivity contribution in [2.24, 2.45) is 0 Å². The summed E-state index contributed by atoms with van der Waals surface area (Å²) in [7, 11) is 0. The first kappa shape index (κ1) is 21.9. The van der Waals surface area contributed by atoms with Crippen LogP contribution < -0.4 is 10.2 Å². The zero-order valence-corrected chi connectivity index (χ0v) is 19.1.